The van der Waals surface area contributed by atoms with E-state index in [0.717, 1.165) is 57.0 Å². The van der Waals surface area contributed by atoms with Gasteiger partial charge >= 0.3 is 0 Å². The molecule has 1 aromatic heterocycles. The molecule has 0 unspecified atom stereocenters. The van der Waals surface area contributed by atoms with E-state index in [1.165, 1.54) is 11.3 Å². The summed E-state index contributed by atoms with van der Waals surface area (Å²) in [5, 5.41) is 1.06. The smallest absolute Gasteiger partial charge is 0.260 e. The van der Waals surface area contributed by atoms with E-state index in [1.54, 1.807) is 6.20 Å². The van der Waals surface area contributed by atoms with Gasteiger partial charge in [-0.1, -0.05) is 6.92 Å². The SMILES string of the molecule is CC1(c2ncc(C(N)=O)s2)CCN(C2CCOCC2)CC1. The van der Waals surface area contributed by atoms with Crippen LogP contribution in [0.5, 0.6) is 0 Å². The zero-order chi connectivity index (χ0) is 14.9. The number of hydrogen-bond donors (Lipinski definition) is 1. The van der Waals surface area contributed by atoms with Gasteiger partial charge in [0.15, 0.2) is 0 Å². The molecule has 0 radical (unpaired) electrons. The highest BCUT2D eigenvalue weighted by molar-refractivity contribution is 7.13. The fraction of sp³-hybridized carbons (Fsp3) is 0.733. The Balaban J connectivity index is 1.64. The van der Waals surface area contributed by atoms with Crippen LogP contribution in [-0.4, -0.2) is 48.1 Å². The van der Waals surface area contributed by atoms with Crippen LogP contribution in [0.1, 0.15) is 47.3 Å². The average molecular weight is 309 g/mol. The van der Waals surface area contributed by atoms with Crippen LogP contribution in [0, 0.1) is 0 Å². The van der Waals surface area contributed by atoms with Crippen LogP contribution >= 0.6 is 11.3 Å². The number of nitrogens with zero attached hydrogens (tertiary/aromatic N) is 2. The number of rotatable bonds is 3. The van der Waals surface area contributed by atoms with Crippen molar-refractivity contribution in [3.8, 4) is 0 Å². The minimum atomic E-state index is -0.373. The van der Waals surface area contributed by atoms with Gasteiger partial charge in [-0.15, -0.1) is 11.3 Å². The fourth-order valence-corrected chi connectivity index (χ4v) is 4.28. The van der Waals surface area contributed by atoms with E-state index < -0.39 is 0 Å². The maximum absolute atomic E-state index is 11.2. The van der Waals surface area contributed by atoms with Crippen LogP contribution in [0.4, 0.5) is 0 Å². The third-order valence-electron chi connectivity index (χ3n) is 4.87. The predicted octanol–water partition coefficient (Wildman–Crippen LogP) is 1.77. The monoisotopic (exact) mass is 309 g/mol. The Kier molecular flexibility index (Phi) is 4.28. The topological polar surface area (TPSA) is 68.5 Å². The van der Waals surface area contributed by atoms with E-state index in [-0.39, 0.29) is 11.3 Å². The number of ether oxygens (including phenoxy) is 1. The van der Waals surface area contributed by atoms with Gasteiger partial charge in [0, 0.05) is 24.7 Å². The third kappa shape index (κ3) is 3.12. The van der Waals surface area contributed by atoms with Crippen molar-refractivity contribution in [2.45, 2.75) is 44.1 Å². The molecule has 0 aromatic carbocycles. The summed E-state index contributed by atoms with van der Waals surface area (Å²) in [6.45, 7) is 6.26. The quantitative estimate of drug-likeness (QED) is 0.924. The Morgan fingerprint density at radius 3 is 2.67 bits per heavy atom. The molecule has 21 heavy (non-hydrogen) atoms. The molecule has 2 N–H and O–H groups in total. The molecule has 0 bridgehead atoms. The molecule has 1 amide bonds. The van der Waals surface area contributed by atoms with Crippen molar-refractivity contribution < 1.29 is 9.53 Å². The second kappa shape index (κ2) is 6.02. The van der Waals surface area contributed by atoms with Crippen molar-refractivity contribution in [3.63, 3.8) is 0 Å². The number of thiazole rings is 1. The van der Waals surface area contributed by atoms with Gasteiger partial charge in [0.2, 0.25) is 0 Å². The molecule has 1 aromatic rings. The second-order valence-corrected chi connectivity index (χ2v) is 7.36. The van der Waals surface area contributed by atoms with Crippen LogP contribution in [-0.2, 0) is 10.2 Å². The molecule has 2 fully saturated rings. The molecule has 2 aliphatic heterocycles. The summed E-state index contributed by atoms with van der Waals surface area (Å²) in [7, 11) is 0. The normalized spacial score (nSPS) is 24.0. The van der Waals surface area contributed by atoms with Gasteiger partial charge in [-0.2, -0.15) is 0 Å². The molecule has 3 rings (SSSR count). The van der Waals surface area contributed by atoms with E-state index in [9.17, 15) is 4.79 Å². The molecule has 3 heterocycles. The molecule has 5 nitrogen and oxygen atoms in total. The van der Waals surface area contributed by atoms with Gasteiger partial charge < -0.3 is 15.4 Å². The summed E-state index contributed by atoms with van der Waals surface area (Å²) in [5.41, 5.74) is 5.41. The van der Waals surface area contributed by atoms with Crippen molar-refractivity contribution >= 4 is 17.2 Å². The number of amides is 1. The van der Waals surface area contributed by atoms with Gasteiger partial charge in [-0.05, 0) is 38.8 Å². The molecule has 2 saturated heterocycles. The van der Waals surface area contributed by atoms with Crippen molar-refractivity contribution in [1.82, 2.24) is 9.88 Å². The van der Waals surface area contributed by atoms with Crippen LogP contribution in [0.2, 0.25) is 0 Å². The summed E-state index contributed by atoms with van der Waals surface area (Å²) in [5.74, 6) is -0.373. The number of carbonyl (C=O) groups excluding carboxylic acids is 1. The first-order chi connectivity index (χ1) is 10.1. The predicted molar refractivity (Wildman–Crippen MR) is 82.6 cm³/mol. The summed E-state index contributed by atoms with van der Waals surface area (Å²) < 4.78 is 5.45. The van der Waals surface area contributed by atoms with E-state index in [0.29, 0.717) is 10.9 Å². The first-order valence-electron chi connectivity index (χ1n) is 7.66. The third-order valence-corrected chi connectivity index (χ3v) is 6.19. The molecular weight excluding hydrogens is 286 g/mol. The van der Waals surface area contributed by atoms with E-state index in [2.05, 4.69) is 16.8 Å². The zero-order valence-corrected chi connectivity index (χ0v) is 13.3. The van der Waals surface area contributed by atoms with Crippen molar-refractivity contribution in [2.24, 2.45) is 5.73 Å². The lowest BCUT2D eigenvalue weighted by Crippen LogP contribution is -2.47. The average Bonchev–Trinajstić information content (AvgIpc) is 3.00. The van der Waals surface area contributed by atoms with Gasteiger partial charge in [0.05, 0.1) is 11.2 Å². The summed E-state index contributed by atoms with van der Waals surface area (Å²) in [4.78, 5) is 18.9. The number of aromatic nitrogens is 1. The summed E-state index contributed by atoms with van der Waals surface area (Å²) in [6.07, 6.45) is 6.12. The van der Waals surface area contributed by atoms with E-state index >= 15 is 0 Å². The highest BCUT2D eigenvalue weighted by Gasteiger charge is 2.36. The van der Waals surface area contributed by atoms with Crippen LogP contribution in [0.3, 0.4) is 0 Å². The second-order valence-electron chi connectivity index (χ2n) is 6.33. The molecule has 0 spiro atoms. The standard InChI is InChI=1S/C15H23N3O2S/c1-15(14-17-10-12(21-14)13(16)19)4-6-18(7-5-15)11-2-8-20-9-3-11/h10-11H,2-9H2,1H3,(H2,16,19). The van der Waals surface area contributed by atoms with Gasteiger partial charge in [0.25, 0.3) is 5.91 Å². The molecular formula is C15H23N3O2S. The number of piperidine rings is 1. The number of likely N-dealkylation sites (tertiary alicyclic amines) is 1. The summed E-state index contributed by atoms with van der Waals surface area (Å²) in [6, 6.07) is 0.681. The molecule has 0 aliphatic carbocycles. The number of primary amides is 1. The Morgan fingerprint density at radius 2 is 2.10 bits per heavy atom. The Bertz CT molecular complexity index is 503. The van der Waals surface area contributed by atoms with Crippen molar-refractivity contribution in [1.29, 1.82) is 0 Å². The zero-order valence-electron chi connectivity index (χ0n) is 12.5. The van der Waals surface area contributed by atoms with E-state index in [4.69, 9.17) is 10.5 Å². The minimum absolute atomic E-state index is 0.0834. The maximum Gasteiger partial charge on any atom is 0.260 e. The number of hydrogen-bond acceptors (Lipinski definition) is 5. The lowest BCUT2D eigenvalue weighted by molar-refractivity contribution is 0.0186. The van der Waals surface area contributed by atoms with Gasteiger partial charge in [-0.3, -0.25) is 4.79 Å². The minimum Gasteiger partial charge on any atom is -0.381 e. The molecule has 0 saturated carbocycles. The highest BCUT2D eigenvalue weighted by atomic mass is 32.1. The molecule has 116 valence electrons. The number of nitrogens with two attached hydrogens (primary N) is 1. The lowest BCUT2D eigenvalue weighted by atomic mass is 9.80. The Hall–Kier alpha value is -0.980. The Labute approximate surface area is 129 Å². The van der Waals surface area contributed by atoms with Crippen molar-refractivity contribution in [2.75, 3.05) is 26.3 Å². The molecule has 2 aliphatic rings. The van der Waals surface area contributed by atoms with Crippen LogP contribution in [0.15, 0.2) is 6.20 Å². The summed E-state index contributed by atoms with van der Waals surface area (Å²) >= 11 is 1.46. The van der Waals surface area contributed by atoms with Gasteiger partial charge in [-0.25, -0.2) is 4.98 Å². The van der Waals surface area contributed by atoms with E-state index in [1.807, 2.05) is 0 Å². The number of carbonyl (C=O) groups is 1. The highest BCUT2D eigenvalue weighted by Crippen LogP contribution is 2.38. The Morgan fingerprint density at radius 1 is 1.43 bits per heavy atom. The first kappa shape index (κ1) is 14.9. The largest absolute Gasteiger partial charge is 0.381 e. The maximum atomic E-state index is 11.2. The lowest BCUT2D eigenvalue weighted by Gasteiger charge is -2.42. The fourth-order valence-electron chi connectivity index (χ4n) is 3.31. The van der Waals surface area contributed by atoms with Gasteiger partial charge in [0.1, 0.15) is 4.88 Å². The first-order valence-corrected chi connectivity index (χ1v) is 8.48. The van der Waals surface area contributed by atoms with Crippen molar-refractivity contribution in [3.05, 3.63) is 16.1 Å². The molecule has 6 heteroatoms. The van der Waals surface area contributed by atoms with Crippen LogP contribution < -0.4 is 5.73 Å². The molecule has 0 atom stereocenters. The van der Waals surface area contributed by atoms with Crippen LogP contribution in [0.25, 0.3) is 0 Å².